The number of carbonyl (C=O) groups excluding carboxylic acids is 1. The summed E-state index contributed by atoms with van der Waals surface area (Å²) in [5, 5.41) is 14.9. The Morgan fingerprint density at radius 2 is 1.95 bits per heavy atom. The highest BCUT2D eigenvalue weighted by atomic mass is 16.3. The smallest absolute Gasteiger partial charge is 0.251 e. The summed E-state index contributed by atoms with van der Waals surface area (Å²) in [6.07, 6.45) is 0. The van der Waals surface area contributed by atoms with E-state index in [2.05, 4.69) is 10.6 Å². The third-order valence-electron chi connectivity index (χ3n) is 3.20. The van der Waals surface area contributed by atoms with Crippen LogP contribution in [0.1, 0.15) is 21.5 Å². The number of carbonyl (C=O) groups is 1. The molecule has 5 nitrogen and oxygen atoms in total. The van der Waals surface area contributed by atoms with Crippen molar-refractivity contribution in [3.63, 3.8) is 0 Å². The Kier molecular flexibility index (Phi) is 4.79. The van der Waals surface area contributed by atoms with Crippen molar-refractivity contribution in [1.82, 2.24) is 5.32 Å². The fourth-order valence-electron chi connectivity index (χ4n) is 2.03. The molecule has 0 aliphatic heterocycles. The Balaban J connectivity index is 2.13. The lowest BCUT2D eigenvalue weighted by atomic mass is 10.1. The van der Waals surface area contributed by atoms with Crippen LogP contribution in [0.25, 0.3) is 0 Å². The number of anilines is 2. The number of amides is 1. The van der Waals surface area contributed by atoms with Crippen molar-refractivity contribution in [1.29, 1.82) is 0 Å². The molecule has 0 bridgehead atoms. The minimum absolute atomic E-state index is 0.0160. The zero-order valence-electron chi connectivity index (χ0n) is 11.9. The topological polar surface area (TPSA) is 87.4 Å². The van der Waals surface area contributed by atoms with E-state index in [9.17, 15) is 4.79 Å². The monoisotopic (exact) mass is 285 g/mol. The molecule has 2 aromatic rings. The molecule has 0 unspecified atom stereocenters. The van der Waals surface area contributed by atoms with Crippen molar-refractivity contribution >= 4 is 17.3 Å². The molecule has 0 saturated carbocycles. The van der Waals surface area contributed by atoms with Crippen LogP contribution in [-0.2, 0) is 13.2 Å². The molecule has 0 aromatic heterocycles. The number of nitrogens with two attached hydrogens (primary N) is 1. The third kappa shape index (κ3) is 3.73. The lowest BCUT2D eigenvalue weighted by Gasteiger charge is -2.11. The summed E-state index contributed by atoms with van der Waals surface area (Å²) in [5.74, 6) is -0.152. The Hall–Kier alpha value is -2.53. The predicted octanol–water partition coefficient (Wildman–Crippen LogP) is 1.73. The van der Waals surface area contributed by atoms with Gasteiger partial charge in [0.1, 0.15) is 0 Å². The van der Waals surface area contributed by atoms with Gasteiger partial charge in [-0.3, -0.25) is 4.79 Å². The number of nitrogen functional groups attached to an aromatic ring is 1. The number of hydrogen-bond acceptors (Lipinski definition) is 4. The van der Waals surface area contributed by atoms with Crippen LogP contribution in [0.15, 0.2) is 42.5 Å². The van der Waals surface area contributed by atoms with Gasteiger partial charge in [0, 0.05) is 19.2 Å². The first kappa shape index (κ1) is 14.9. The molecule has 0 aliphatic carbocycles. The third-order valence-corrected chi connectivity index (χ3v) is 3.20. The normalized spacial score (nSPS) is 10.2. The second kappa shape index (κ2) is 6.76. The lowest BCUT2D eigenvalue weighted by Crippen LogP contribution is -2.18. The van der Waals surface area contributed by atoms with Crippen molar-refractivity contribution in [2.45, 2.75) is 13.2 Å². The van der Waals surface area contributed by atoms with Gasteiger partial charge in [-0.1, -0.05) is 24.3 Å². The first-order valence-electron chi connectivity index (χ1n) is 6.68. The molecule has 0 heterocycles. The number of aliphatic hydroxyl groups is 1. The highest BCUT2D eigenvalue weighted by Crippen LogP contribution is 2.21. The molecule has 0 aliphatic rings. The lowest BCUT2D eigenvalue weighted by molar-refractivity contribution is 0.0963. The predicted molar refractivity (Wildman–Crippen MR) is 83.9 cm³/mol. The van der Waals surface area contributed by atoms with Crippen LogP contribution in [-0.4, -0.2) is 18.1 Å². The van der Waals surface area contributed by atoms with E-state index in [4.69, 9.17) is 10.8 Å². The fraction of sp³-hybridized carbons (Fsp3) is 0.188. The van der Waals surface area contributed by atoms with Gasteiger partial charge in [-0.25, -0.2) is 0 Å². The highest BCUT2D eigenvalue weighted by molar-refractivity contribution is 5.96. The summed E-state index contributed by atoms with van der Waals surface area (Å²) in [5.41, 5.74) is 9.66. The van der Waals surface area contributed by atoms with Crippen molar-refractivity contribution in [3.05, 3.63) is 59.2 Å². The minimum Gasteiger partial charge on any atom is -0.397 e. The van der Waals surface area contributed by atoms with Gasteiger partial charge in [-0.15, -0.1) is 0 Å². The maximum Gasteiger partial charge on any atom is 0.251 e. The van der Waals surface area contributed by atoms with E-state index in [-0.39, 0.29) is 12.5 Å². The molecule has 0 spiro atoms. The van der Waals surface area contributed by atoms with Crippen LogP contribution >= 0.6 is 0 Å². The van der Waals surface area contributed by atoms with Crippen LogP contribution in [0.5, 0.6) is 0 Å². The SMILES string of the molecule is CNC(=O)c1ccc(N)c(NCc2cccc(CO)c2)c1. The summed E-state index contributed by atoms with van der Waals surface area (Å²) < 4.78 is 0. The molecule has 2 rings (SSSR count). The molecule has 1 amide bonds. The van der Waals surface area contributed by atoms with Gasteiger partial charge in [-0.2, -0.15) is 0 Å². The molecule has 110 valence electrons. The zero-order valence-corrected chi connectivity index (χ0v) is 11.9. The summed E-state index contributed by atoms with van der Waals surface area (Å²) >= 11 is 0. The van der Waals surface area contributed by atoms with Gasteiger partial charge in [0.25, 0.3) is 5.91 Å². The zero-order chi connectivity index (χ0) is 15.2. The first-order chi connectivity index (χ1) is 10.1. The molecule has 2 aromatic carbocycles. The average Bonchev–Trinajstić information content (AvgIpc) is 2.53. The number of benzene rings is 2. The van der Waals surface area contributed by atoms with Gasteiger partial charge >= 0.3 is 0 Å². The largest absolute Gasteiger partial charge is 0.397 e. The summed E-state index contributed by atoms with van der Waals surface area (Å²) in [6, 6.07) is 12.8. The molecule has 0 fully saturated rings. The summed E-state index contributed by atoms with van der Waals surface area (Å²) in [7, 11) is 1.59. The van der Waals surface area contributed by atoms with E-state index in [0.29, 0.717) is 23.5 Å². The number of rotatable bonds is 5. The molecule has 5 N–H and O–H groups in total. The van der Waals surface area contributed by atoms with Crippen molar-refractivity contribution in [2.24, 2.45) is 0 Å². The van der Waals surface area contributed by atoms with E-state index in [1.54, 1.807) is 25.2 Å². The van der Waals surface area contributed by atoms with Crippen LogP contribution in [0.2, 0.25) is 0 Å². The second-order valence-electron chi connectivity index (χ2n) is 4.71. The van der Waals surface area contributed by atoms with E-state index in [0.717, 1.165) is 11.1 Å². The van der Waals surface area contributed by atoms with Crippen molar-refractivity contribution in [3.8, 4) is 0 Å². The molecule has 0 atom stereocenters. The van der Waals surface area contributed by atoms with E-state index < -0.39 is 0 Å². The van der Waals surface area contributed by atoms with Gasteiger partial charge in [0.05, 0.1) is 18.0 Å². The maximum absolute atomic E-state index is 11.6. The Morgan fingerprint density at radius 1 is 1.19 bits per heavy atom. The Morgan fingerprint density at radius 3 is 2.67 bits per heavy atom. The van der Waals surface area contributed by atoms with E-state index in [1.165, 1.54) is 0 Å². The quantitative estimate of drug-likeness (QED) is 0.630. The molecule has 21 heavy (non-hydrogen) atoms. The molecular formula is C16H19N3O2. The molecule has 0 radical (unpaired) electrons. The van der Waals surface area contributed by atoms with Crippen LogP contribution < -0.4 is 16.4 Å². The average molecular weight is 285 g/mol. The van der Waals surface area contributed by atoms with Gasteiger partial charge in [-0.05, 0) is 29.3 Å². The Bertz CT molecular complexity index is 641. The van der Waals surface area contributed by atoms with Crippen LogP contribution in [0.4, 0.5) is 11.4 Å². The number of aliphatic hydroxyl groups excluding tert-OH is 1. The van der Waals surface area contributed by atoms with Crippen LogP contribution in [0.3, 0.4) is 0 Å². The highest BCUT2D eigenvalue weighted by Gasteiger charge is 2.06. The second-order valence-corrected chi connectivity index (χ2v) is 4.71. The van der Waals surface area contributed by atoms with E-state index in [1.807, 2.05) is 24.3 Å². The first-order valence-corrected chi connectivity index (χ1v) is 6.68. The molecule has 0 saturated heterocycles. The van der Waals surface area contributed by atoms with Gasteiger partial charge in [0.15, 0.2) is 0 Å². The van der Waals surface area contributed by atoms with Gasteiger partial charge in [0.2, 0.25) is 0 Å². The molecular weight excluding hydrogens is 266 g/mol. The Labute approximate surface area is 123 Å². The molecule has 5 heteroatoms. The van der Waals surface area contributed by atoms with E-state index >= 15 is 0 Å². The standard InChI is InChI=1S/C16H19N3O2/c1-18-16(21)13-5-6-14(17)15(8-13)19-9-11-3-2-4-12(7-11)10-20/h2-8,19-20H,9-10,17H2,1H3,(H,18,21). The van der Waals surface area contributed by atoms with Crippen molar-refractivity contribution < 1.29 is 9.90 Å². The number of hydrogen-bond donors (Lipinski definition) is 4. The van der Waals surface area contributed by atoms with Crippen molar-refractivity contribution in [2.75, 3.05) is 18.1 Å². The summed E-state index contributed by atoms with van der Waals surface area (Å²) in [4.78, 5) is 11.6. The van der Waals surface area contributed by atoms with Crippen LogP contribution in [0, 0.1) is 0 Å². The summed E-state index contributed by atoms with van der Waals surface area (Å²) in [6.45, 7) is 0.581. The maximum atomic E-state index is 11.6. The minimum atomic E-state index is -0.152. The number of nitrogens with one attached hydrogen (secondary N) is 2. The fourth-order valence-corrected chi connectivity index (χ4v) is 2.03. The van der Waals surface area contributed by atoms with Gasteiger partial charge < -0.3 is 21.5 Å².